The van der Waals surface area contributed by atoms with Gasteiger partial charge in [-0.15, -0.1) is 40.5 Å². The molecule has 0 amide bonds. The number of hydrogen-bond acceptors (Lipinski definition) is 4. The van der Waals surface area contributed by atoms with Gasteiger partial charge in [-0.25, -0.2) is 0 Å². The van der Waals surface area contributed by atoms with Crippen molar-refractivity contribution in [3.63, 3.8) is 0 Å². The smallest absolute Gasteiger partial charge is 0.164 e. The summed E-state index contributed by atoms with van der Waals surface area (Å²) in [6.07, 6.45) is 1.33. The number of rotatable bonds is 2. The second-order valence-corrected chi connectivity index (χ2v) is 14.3. The van der Waals surface area contributed by atoms with E-state index in [1.807, 2.05) is 41.5 Å². The Morgan fingerprint density at radius 1 is 0.829 bits per heavy atom. The molecule has 1 radical (unpaired) electrons. The van der Waals surface area contributed by atoms with Crippen LogP contribution >= 0.6 is 11.3 Å². The van der Waals surface area contributed by atoms with Gasteiger partial charge in [0.2, 0.25) is 0 Å². The monoisotopic (exact) mass is 743 g/mol. The van der Waals surface area contributed by atoms with Gasteiger partial charge in [-0.1, -0.05) is 110 Å². The molecule has 217 valence electrons. The summed E-state index contributed by atoms with van der Waals surface area (Å²) in [5.74, 6) is 0.104. The Kier molecular flexibility index (Phi) is 9.70. The molecule has 0 aliphatic carbocycles. The van der Waals surface area contributed by atoms with Gasteiger partial charge in [0, 0.05) is 52.8 Å². The van der Waals surface area contributed by atoms with E-state index in [0.29, 0.717) is 0 Å². The standard InChI is InChI=1S/C25H20NS.C11H20O2.Ir/c1-25(2,3)21-15-17(14-16-8-4-5-9-18(16)21)23-24-20(12-13-27-24)19-10-6-7-11-22(19)26-23;1-10(2,3)8(12)7-9(13)11(4,5)6;/h4-13,15H,1-3H3;7,12H,1-6H3;/q-1;;/b;8-7-;. The molecule has 41 heavy (non-hydrogen) atoms. The van der Waals surface area contributed by atoms with E-state index in [4.69, 9.17) is 4.98 Å². The summed E-state index contributed by atoms with van der Waals surface area (Å²) in [7, 11) is 0. The van der Waals surface area contributed by atoms with Crippen LogP contribution in [0.4, 0.5) is 0 Å². The van der Waals surface area contributed by atoms with E-state index in [2.05, 4.69) is 92.9 Å². The van der Waals surface area contributed by atoms with Crippen molar-refractivity contribution in [1.82, 2.24) is 4.98 Å². The maximum absolute atomic E-state index is 11.5. The molecule has 0 unspecified atom stereocenters. The fourth-order valence-electron chi connectivity index (χ4n) is 4.39. The summed E-state index contributed by atoms with van der Waals surface area (Å²) in [4.78, 5) is 16.5. The molecule has 5 rings (SSSR count). The number of para-hydroxylation sites is 1. The third-order valence-corrected chi connectivity index (χ3v) is 7.84. The summed E-state index contributed by atoms with van der Waals surface area (Å²) in [5.41, 5.74) is 3.78. The summed E-state index contributed by atoms with van der Waals surface area (Å²) >= 11 is 1.76. The van der Waals surface area contributed by atoms with Gasteiger partial charge >= 0.3 is 0 Å². The molecule has 0 saturated heterocycles. The topological polar surface area (TPSA) is 50.2 Å². The van der Waals surface area contributed by atoms with Gasteiger partial charge in [0.25, 0.3) is 0 Å². The minimum atomic E-state index is -0.417. The molecule has 2 aromatic heterocycles. The number of aliphatic hydroxyl groups is 1. The zero-order chi connectivity index (χ0) is 29.5. The molecule has 5 aromatic rings. The number of nitrogens with zero attached hydrogens (tertiary/aromatic N) is 1. The molecule has 2 heterocycles. The second-order valence-electron chi connectivity index (χ2n) is 13.4. The molecular weight excluding hydrogens is 703 g/mol. The van der Waals surface area contributed by atoms with Gasteiger partial charge in [-0.2, -0.15) is 0 Å². The summed E-state index contributed by atoms with van der Waals surface area (Å²) in [5, 5.41) is 16.6. The summed E-state index contributed by atoms with van der Waals surface area (Å²) in [6, 6.07) is 25.1. The number of benzene rings is 3. The van der Waals surface area contributed by atoms with E-state index < -0.39 is 5.41 Å². The first-order valence-corrected chi connectivity index (χ1v) is 14.6. The summed E-state index contributed by atoms with van der Waals surface area (Å²) < 4.78 is 1.24. The van der Waals surface area contributed by atoms with Crippen LogP contribution in [0, 0.1) is 16.9 Å². The van der Waals surface area contributed by atoms with E-state index in [1.54, 1.807) is 11.3 Å². The molecule has 0 bridgehead atoms. The van der Waals surface area contributed by atoms with Crippen LogP contribution in [-0.2, 0) is 30.3 Å². The van der Waals surface area contributed by atoms with Gasteiger partial charge < -0.3 is 5.11 Å². The van der Waals surface area contributed by atoms with E-state index >= 15 is 0 Å². The maximum atomic E-state index is 11.5. The van der Waals surface area contributed by atoms with Crippen molar-refractivity contribution >= 4 is 48.9 Å². The fourth-order valence-corrected chi connectivity index (χ4v) is 5.31. The Balaban J connectivity index is 0.000000284. The number of carbonyl (C=O) groups is 1. The van der Waals surface area contributed by atoms with Crippen molar-refractivity contribution in [1.29, 1.82) is 0 Å². The first kappa shape index (κ1) is 32.7. The fraction of sp³-hybridized carbons (Fsp3) is 0.333. The molecule has 0 spiro atoms. The van der Waals surface area contributed by atoms with Crippen molar-refractivity contribution < 1.29 is 30.0 Å². The average Bonchev–Trinajstić information content (AvgIpc) is 3.36. The van der Waals surface area contributed by atoms with Crippen LogP contribution in [-0.4, -0.2) is 15.9 Å². The van der Waals surface area contributed by atoms with Crippen LogP contribution in [0.3, 0.4) is 0 Å². The van der Waals surface area contributed by atoms with Gasteiger partial charge in [0.05, 0.1) is 5.52 Å². The SMILES string of the molecule is CC(C)(C)C(=O)/C=C(\O)C(C)(C)C.CC(C)(C)c1cc(-c2nc3ccccc3c3ccsc23)[c-]c2ccccc12.[Ir]. The summed E-state index contributed by atoms with van der Waals surface area (Å²) in [6.45, 7) is 17.9. The molecule has 0 atom stereocenters. The zero-order valence-electron chi connectivity index (χ0n) is 25.5. The van der Waals surface area contributed by atoms with Crippen molar-refractivity contribution in [2.45, 2.75) is 67.7 Å². The number of aliphatic hydroxyl groups excluding tert-OH is 1. The number of fused-ring (bicyclic) bond motifs is 4. The van der Waals surface area contributed by atoms with E-state index in [0.717, 1.165) is 22.2 Å². The van der Waals surface area contributed by atoms with Crippen LogP contribution in [0.25, 0.3) is 43.0 Å². The third-order valence-electron chi connectivity index (χ3n) is 6.92. The van der Waals surface area contributed by atoms with Gasteiger partial charge in [-0.05, 0) is 28.3 Å². The third kappa shape index (κ3) is 7.33. The van der Waals surface area contributed by atoms with Gasteiger partial charge in [0.1, 0.15) is 5.76 Å². The normalized spacial score (nSPS) is 12.7. The van der Waals surface area contributed by atoms with Gasteiger partial charge in [-0.3, -0.25) is 9.78 Å². The Hall–Kier alpha value is -2.85. The van der Waals surface area contributed by atoms with Gasteiger partial charge in [0.15, 0.2) is 5.78 Å². The quantitative estimate of drug-likeness (QED) is 0.111. The van der Waals surface area contributed by atoms with Crippen LogP contribution in [0.5, 0.6) is 0 Å². The first-order valence-electron chi connectivity index (χ1n) is 13.7. The van der Waals surface area contributed by atoms with Crippen molar-refractivity contribution in [3.05, 3.63) is 89.5 Å². The number of allylic oxidation sites excluding steroid dienone is 2. The van der Waals surface area contributed by atoms with E-state index in [-0.39, 0.29) is 42.5 Å². The number of pyridine rings is 1. The maximum Gasteiger partial charge on any atom is 0.164 e. The molecule has 0 aliphatic heterocycles. The van der Waals surface area contributed by atoms with Crippen LogP contribution in [0.1, 0.15) is 67.9 Å². The van der Waals surface area contributed by atoms with Crippen LogP contribution in [0.2, 0.25) is 0 Å². The molecule has 1 N–H and O–H groups in total. The molecule has 0 fully saturated rings. The molecule has 3 aromatic carbocycles. The van der Waals surface area contributed by atoms with E-state index in [9.17, 15) is 9.90 Å². The largest absolute Gasteiger partial charge is 0.512 e. The molecule has 3 nitrogen and oxygen atoms in total. The van der Waals surface area contributed by atoms with E-state index in [1.165, 1.54) is 32.5 Å². The predicted molar refractivity (Wildman–Crippen MR) is 172 cm³/mol. The van der Waals surface area contributed by atoms with Crippen molar-refractivity contribution in [2.24, 2.45) is 10.8 Å². The number of aromatic nitrogens is 1. The first-order chi connectivity index (χ1) is 18.6. The number of thiophene rings is 1. The predicted octanol–water partition coefficient (Wildman–Crippen LogP) is 10.5. The zero-order valence-corrected chi connectivity index (χ0v) is 28.7. The Morgan fingerprint density at radius 3 is 2.05 bits per heavy atom. The number of hydrogen-bond donors (Lipinski definition) is 1. The number of ketones is 1. The Labute approximate surface area is 262 Å². The van der Waals surface area contributed by atoms with Crippen LogP contribution < -0.4 is 0 Å². The minimum Gasteiger partial charge on any atom is -0.512 e. The molecule has 0 aliphatic rings. The molecular formula is C36H40IrNO2S-. The van der Waals surface area contributed by atoms with Crippen molar-refractivity contribution in [2.75, 3.05) is 0 Å². The Morgan fingerprint density at radius 2 is 1.44 bits per heavy atom. The minimum absolute atomic E-state index is 0. The van der Waals surface area contributed by atoms with Crippen molar-refractivity contribution in [3.8, 4) is 11.3 Å². The Bertz CT molecular complexity index is 1730. The second kappa shape index (κ2) is 12.2. The molecule has 5 heteroatoms. The average molecular weight is 743 g/mol. The number of carbonyl (C=O) groups excluding carboxylic acids is 1. The van der Waals surface area contributed by atoms with Crippen LogP contribution in [0.15, 0.2) is 77.9 Å². The molecule has 0 saturated carbocycles.